The topological polar surface area (TPSA) is 136 Å². The van der Waals surface area contributed by atoms with E-state index in [-0.39, 0.29) is 41.4 Å². The number of benzene rings is 3. The summed E-state index contributed by atoms with van der Waals surface area (Å²) in [6.45, 7) is 6.89. The third-order valence-electron chi connectivity index (χ3n) is 7.64. The van der Waals surface area contributed by atoms with E-state index in [0.29, 0.717) is 36.6 Å². The molecule has 0 spiro atoms. The lowest BCUT2D eigenvalue weighted by Crippen LogP contribution is -2.47. The minimum Gasteiger partial charge on any atom is -0.488 e. The van der Waals surface area contributed by atoms with Crippen molar-refractivity contribution < 1.29 is 33.0 Å². The number of aliphatic hydroxyl groups is 1. The number of ether oxygens (including phenoxy) is 1. The van der Waals surface area contributed by atoms with Crippen molar-refractivity contribution in [3.63, 3.8) is 0 Å². The highest BCUT2D eigenvalue weighted by molar-refractivity contribution is 7.92. The standard InChI is InChI=1S/C32H39N3O7S/c1-21-5-12-28(13-6-21)43(40,41)33-27-11-14-29-26(15-27)16-31(37)35(23(3)20-36)17-22(2)30(42-29)19-34(4)18-24-7-9-25(10-8-24)32(38)39/h5-15,22-23,30,33,36H,16-20H2,1-4H3,(H,38,39)/t22-,23+,30+/m0/s1. The first-order valence-electron chi connectivity index (χ1n) is 14.2. The molecular weight excluding hydrogens is 570 g/mol. The number of likely N-dealkylation sites (N-methyl/N-ethyl adjacent to an activating group) is 1. The van der Waals surface area contributed by atoms with Crippen LogP contribution in [0.4, 0.5) is 5.69 Å². The smallest absolute Gasteiger partial charge is 0.335 e. The van der Waals surface area contributed by atoms with Gasteiger partial charge in [0.2, 0.25) is 5.91 Å². The largest absolute Gasteiger partial charge is 0.488 e. The Morgan fingerprint density at radius 3 is 2.42 bits per heavy atom. The second-order valence-corrected chi connectivity index (χ2v) is 13.0. The Bertz CT molecular complexity index is 1540. The highest BCUT2D eigenvalue weighted by Gasteiger charge is 2.31. The van der Waals surface area contributed by atoms with E-state index in [4.69, 9.17) is 4.74 Å². The van der Waals surface area contributed by atoms with Gasteiger partial charge in [0.1, 0.15) is 11.9 Å². The van der Waals surface area contributed by atoms with Crippen LogP contribution in [-0.2, 0) is 27.8 Å². The van der Waals surface area contributed by atoms with Gasteiger partial charge in [0.15, 0.2) is 0 Å². The van der Waals surface area contributed by atoms with Crippen molar-refractivity contribution >= 4 is 27.6 Å². The number of nitrogens with zero attached hydrogens (tertiary/aromatic N) is 2. The number of carboxylic acid groups (broad SMARTS) is 1. The van der Waals surface area contributed by atoms with E-state index in [1.54, 1.807) is 78.6 Å². The summed E-state index contributed by atoms with van der Waals surface area (Å²) in [6.07, 6.45) is -0.373. The second-order valence-electron chi connectivity index (χ2n) is 11.3. The van der Waals surface area contributed by atoms with Crippen LogP contribution in [0.3, 0.4) is 0 Å². The number of carbonyl (C=O) groups excluding carboxylic acids is 1. The van der Waals surface area contributed by atoms with E-state index < -0.39 is 22.0 Å². The van der Waals surface area contributed by atoms with E-state index in [0.717, 1.165) is 11.1 Å². The van der Waals surface area contributed by atoms with Crippen molar-refractivity contribution in [2.45, 2.75) is 50.8 Å². The highest BCUT2D eigenvalue weighted by atomic mass is 32.2. The summed E-state index contributed by atoms with van der Waals surface area (Å²) in [5, 5.41) is 19.1. The van der Waals surface area contributed by atoms with Gasteiger partial charge < -0.3 is 19.8 Å². The molecule has 0 fully saturated rings. The Hall–Kier alpha value is -3.93. The van der Waals surface area contributed by atoms with Crippen LogP contribution in [-0.4, -0.2) is 79.2 Å². The van der Waals surface area contributed by atoms with Crippen molar-refractivity contribution in [3.05, 3.63) is 89.0 Å². The van der Waals surface area contributed by atoms with E-state index in [1.165, 1.54) is 0 Å². The van der Waals surface area contributed by atoms with Crippen molar-refractivity contribution in [3.8, 4) is 5.75 Å². The number of aryl methyl sites for hydroxylation is 1. The van der Waals surface area contributed by atoms with Crippen LogP contribution in [0.2, 0.25) is 0 Å². The lowest BCUT2D eigenvalue weighted by Gasteiger charge is -2.34. The third kappa shape index (κ3) is 8.13. The quantitative estimate of drug-likeness (QED) is 0.316. The number of aliphatic hydroxyl groups excluding tert-OH is 1. The lowest BCUT2D eigenvalue weighted by atomic mass is 10.0. The molecule has 43 heavy (non-hydrogen) atoms. The molecule has 1 aliphatic heterocycles. The number of anilines is 1. The van der Waals surface area contributed by atoms with Crippen LogP contribution in [0.1, 0.15) is 40.9 Å². The number of carboxylic acids is 1. The first kappa shape index (κ1) is 32.0. The molecule has 3 atom stereocenters. The number of amides is 1. The third-order valence-corrected chi connectivity index (χ3v) is 9.04. The summed E-state index contributed by atoms with van der Waals surface area (Å²) in [7, 11) is -1.91. The first-order chi connectivity index (χ1) is 20.4. The summed E-state index contributed by atoms with van der Waals surface area (Å²) in [5.74, 6) is -0.792. The van der Waals surface area contributed by atoms with E-state index in [1.807, 2.05) is 20.9 Å². The molecule has 230 valence electrons. The average Bonchev–Trinajstić information content (AvgIpc) is 3.00. The van der Waals surface area contributed by atoms with Crippen molar-refractivity contribution in [2.24, 2.45) is 5.92 Å². The second kappa shape index (κ2) is 13.6. The molecule has 3 N–H and O–H groups in total. The Kier molecular flexibility index (Phi) is 10.1. The minimum absolute atomic E-state index is 0.0228. The Morgan fingerprint density at radius 2 is 1.79 bits per heavy atom. The van der Waals surface area contributed by atoms with Gasteiger partial charge in [-0.3, -0.25) is 14.4 Å². The predicted molar refractivity (Wildman–Crippen MR) is 164 cm³/mol. The number of hydrogen-bond acceptors (Lipinski definition) is 7. The summed E-state index contributed by atoms with van der Waals surface area (Å²) in [5.41, 5.74) is 2.96. The number of rotatable bonds is 10. The molecule has 11 heteroatoms. The van der Waals surface area contributed by atoms with Gasteiger partial charge in [-0.05, 0) is 68.9 Å². The highest BCUT2D eigenvalue weighted by Crippen LogP contribution is 2.30. The van der Waals surface area contributed by atoms with Gasteiger partial charge in [0, 0.05) is 36.8 Å². The van der Waals surface area contributed by atoms with Gasteiger partial charge in [0.25, 0.3) is 10.0 Å². The molecule has 0 aromatic heterocycles. The maximum Gasteiger partial charge on any atom is 0.335 e. The number of fused-ring (bicyclic) bond motifs is 1. The van der Waals surface area contributed by atoms with Crippen molar-refractivity contribution in [2.75, 3.05) is 31.5 Å². The Labute approximate surface area is 253 Å². The van der Waals surface area contributed by atoms with Gasteiger partial charge >= 0.3 is 5.97 Å². The van der Waals surface area contributed by atoms with E-state index >= 15 is 0 Å². The molecule has 0 saturated heterocycles. The zero-order chi connectivity index (χ0) is 31.3. The molecule has 0 bridgehead atoms. The maximum absolute atomic E-state index is 13.5. The fourth-order valence-electron chi connectivity index (χ4n) is 5.08. The number of nitrogens with one attached hydrogen (secondary N) is 1. The van der Waals surface area contributed by atoms with Crippen LogP contribution in [0.15, 0.2) is 71.6 Å². The average molecular weight is 610 g/mol. The molecule has 4 rings (SSSR count). The van der Waals surface area contributed by atoms with Crippen LogP contribution in [0.5, 0.6) is 5.75 Å². The summed E-state index contributed by atoms with van der Waals surface area (Å²) >= 11 is 0. The van der Waals surface area contributed by atoms with Crippen LogP contribution in [0.25, 0.3) is 0 Å². The normalized spacial score (nSPS) is 18.2. The molecule has 0 saturated carbocycles. The van der Waals surface area contributed by atoms with Gasteiger partial charge in [-0.1, -0.05) is 36.8 Å². The molecule has 0 radical (unpaired) electrons. The zero-order valence-electron chi connectivity index (χ0n) is 24.9. The molecule has 10 nitrogen and oxygen atoms in total. The number of sulfonamides is 1. The van der Waals surface area contributed by atoms with Crippen molar-refractivity contribution in [1.29, 1.82) is 0 Å². The van der Waals surface area contributed by atoms with Gasteiger partial charge in [-0.2, -0.15) is 0 Å². The number of hydrogen-bond donors (Lipinski definition) is 3. The lowest BCUT2D eigenvalue weighted by molar-refractivity contribution is -0.134. The summed E-state index contributed by atoms with van der Waals surface area (Å²) < 4.78 is 35.2. The van der Waals surface area contributed by atoms with Crippen LogP contribution < -0.4 is 9.46 Å². The van der Waals surface area contributed by atoms with Crippen LogP contribution >= 0.6 is 0 Å². The molecule has 1 amide bonds. The molecule has 0 unspecified atom stereocenters. The van der Waals surface area contributed by atoms with Crippen molar-refractivity contribution in [1.82, 2.24) is 9.80 Å². The minimum atomic E-state index is -3.85. The molecule has 1 aliphatic rings. The Balaban J connectivity index is 1.60. The van der Waals surface area contributed by atoms with Crippen LogP contribution in [0, 0.1) is 12.8 Å². The Morgan fingerprint density at radius 1 is 1.12 bits per heavy atom. The van der Waals surface area contributed by atoms with E-state index in [9.17, 15) is 28.2 Å². The monoisotopic (exact) mass is 609 g/mol. The predicted octanol–water partition coefficient (Wildman–Crippen LogP) is 3.78. The maximum atomic E-state index is 13.5. The molecule has 1 heterocycles. The number of aromatic carboxylic acids is 1. The molecular formula is C32H39N3O7S. The fourth-order valence-corrected chi connectivity index (χ4v) is 6.13. The SMILES string of the molecule is Cc1ccc(S(=O)(=O)Nc2ccc3c(c2)CC(=O)N([C@H](C)CO)C[C@H](C)[C@@H](CN(C)Cc2ccc(C(=O)O)cc2)O3)cc1. The fraction of sp³-hybridized carbons (Fsp3) is 0.375. The molecule has 3 aromatic carbocycles. The molecule has 0 aliphatic carbocycles. The zero-order valence-corrected chi connectivity index (χ0v) is 25.7. The molecule has 3 aromatic rings. The van der Waals surface area contributed by atoms with E-state index in [2.05, 4.69) is 9.62 Å². The van der Waals surface area contributed by atoms with Gasteiger partial charge in [0.05, 0.1) is 29.5 Å². The summed E-state index contributed by atoms with van der Waals surface area (Å²) in [4.78, 5) is 28.6. The first-order valence-corrected chi connectivity index (χ1v) is 15.6. The van der Waals surface area contributed by atoms with Gasteiger partial charge in [-0.15, -0.1) is 0 Å². The summed E-state index contributed by atoms with van der Waals surface area (Å²) in [6, 6.07) is 17.8. The van der Waals surface area contributed by atoms with Gasteiger partial charge in [-0.25, -0.2) is 13.2 Å². The number of carbonyl (C=O) groups is 2.